The van der Waals surface area contributed by atoms with Gasteiger partial charge in [-0.1, -0.05) is 29.8 Å². The topological polar surface area (TPSA) is 66.4 Å². The summed E-state index contributed by atoms with van der Waals surface area (Å²) in [5.41, 5.74) is 0.671. The lowest BCUT2D eigenvalue weighted by atomic mass is 10.1. The van der Waals surface area contributed by atoms with E-state index < -0.39 is 29.6 Å². The number of benzene rings is 2. The van der Waals surface area contributed by atoms with E-state index in [-0.39, 0.29) is 18.4 Å². The number of aliphatic carboxylic acids is 1. The third-order valence-corrected chi connectivity index (χ3v) is 3.60. The molecule has 0 saturated heterocycles. The van der Waals surface area contributed by atoms with E-state index in [0.717, 1.165) is 12.1 Å². The maximum atomic E-state index is 13.5. The minimum Gasteiger partial charge on any atom is -0.480 e. The van der Waals surface area contributed by atoms with Gasteiger partial charge in [-0.2, -0.15) is 0 Å². The molecule has 2 rings (SSSR count). The predicted octanol–water partition coefficient (Wildman–Crippen LogP) is 2.97. The number of carboxylic acid groups (broad SMARTS) is 1. The van der Waals surface area contributed by atoms with Gasteiger partial charge in [-0.25, -0.2) is 13.6 Å². The summed E-state index contributed by atoms with van der Waals surface area (Å²) in [6, 6.07) is 8.24. The van der Waals surface area contributed by atoms with Crippen molar-refractivity contribution in [3.63, 3.8) is 0 Å². The Balaban J connectivity index is 2.02. The highest BCUT2D eigenvalue weighted by Crippen LogP contribution is 2.12. The van der Waals surface area contributed by atoms with Gasteiger partial charge in [0.1, 0.15) is 17.7 Å². The van der Waals surface area contributed by atoms with Crippen LogP contribution in [0.1, 0.15) is 11.1 Å². The molecule has 1 atom stereocenters. The molecule has 0 fully saturated rings. The Morgan fingerprint density at radius 2 is 1.79 bits per heavy atom. The number of carbonyl (C=O) groups is 2. The van der Waals surface area contributed by atoms with E-state index in [9.17, 15) is 23.5 Å². The zero-order valence-electron chi connectivity index (χ0n) is 12.4. The fraction of sp³-hybridized carbons (Fsp3) is 0.176. The zero-order chi connectivity index (χ0) is 17.7. The van der Waals surface area contributed by atoms with Crippen molar-refractivity contribution in [1.29, 1.82) is 0 Å². The molecule has 1 amide bonds. The van der Waals surface area contributed by atoms with Gasteiger partial charge in [0, 0.05) is 17.5 Å². The number of halogens is 3. The minimum atomic E-state index is -1.21. The van der Waals surface area contributed by atoms with Gasteiger partial charge >= 0.3 is 5.97 Å². The summed E-state index contributed by atoms with van der Waals surface area (Å²) in [5.74, 6) is -3.47. The lowest BCUT2D eigenvalue weighted by molar-refractivity contribution is -0.141. The molecular weight excluding hydrogens is 340 g/mol. The van der Waals surface area contributed by atoms with Crippen LogP contribution >= 0.6 is 11.6 Å². The molecule has 0 aliphatic heterocycles. The van der Waals surface area contributed by atoms with Crippen molar-refractivity contribution in [3.8, 4) is 0 Å². The molecule has 0 aliphatic rings. The van der Waals surface area contributed by atoms with E-state index in [1.807, 2.05) is 0 Å². The van der Waals surface area contributed by atoms with E-state index in [1.54, 1.807) is 24.3 Å². The van der Waals surface area contributed by atoms with Gasteiger partial charge in [-0.3, -0.25) is 4.79 Å². The normalized spacial score (nSPS) is 11.8. The van der Waals surface area contributed by atoms with Crippen LogP contribution in [0.4, 0.5) is 8.78 Å². The van der Waals surface area contributed by atoms with Crippen LogP contribution in [0.25, 0.3) is 0 Å². The first-order chi connectivity index (χ1) is 11.3. The Bertz CT molecular complexity index is 750. The van der Waals surface area contributed by atoms with Gasteiger partial charge in [0.05, 0.1) is 6.42 Å². The van der Waals surface area contributed by atoms with Crippen molar-refractivity contribution >= 4 is 23.5 Å². The van der Waals surface area contributed by atoms with Crippen LogP contribution in [-0.4, -0.2) is 23.0 Å². The molecule has 0 heterocycles. The second kappa shape index (κ2) is 7.88. The van der Waals surface area contributed by atoms with Crippen molar-refractivity contribution in [2.75, 3.05) is 0 Å². The molecular formula is C17H14ClF2NO3. The van der Waals surface area contributed by atoms with Gasteiger partial charge in [0.25, 0.3) is 0 Å². The molecule has 126 valence electrons. The average Bonchev–Trinajstić information content (AvgIpc) is 2.51. The number of hydrogen-bond donors (Lipinski definition) is 2. The first kappa shape index (κ1) is 17.9. The van der Waals surface area contributed by atoms with Gasteiger partial charge in [-0.05, 0) is 29.3 Å². The fourth-order valence-electron chi connectivity index (χ4n) is 2.14. The Morgan fingerprint density at radius 3 is 2.38 bits per heavy atom. The SMILES string of the molecule is O=C(Cc1ccc(F)cc1F)N[C@H](Cc1ccc(Cl)cc1)C(=O)O. The first-order valence-electron chi connectivity index (χ1n) is 7.05. The Labute approximate surface area is 142 Å². The lowest BCUT2D eigenvalue weighted by Crippen LogP contribution is -2.43. The second-order valence-corrected chi connectivity index (χ2v) is 5.64. The molecule has 2 N–H and O–H groups in total. The summed E-state index contributed by atoms with van der Waals surface area (Å²) in [6.07, 6.45) is -0.319. The molecule has 0 aliphatic carbocycles. The first-order valence-corrected chi connectivity index (χ1v) is 7.43. The number of hydrogen-bond acceptors (Lipinski definition) is 2. The van der Waals surface area contributed by atoms with Crippen LogP contribution in [0, 0.1) is 11.6 Å². The molecule has 7 heteroatoms. The Morgan fingerprint density at radius 1 is 1.12 bits per heavy atom. The van der Waals surface area contributed by atoms with E-state index in [2.05, 4.69) is 5.32 Å². The summed E-state index contributed by atoms with van der Waals surface area (Å²) in [4.78, 5) is 23.3. The largest absolute Gasteiger partial charge is 0.480 e. The Kier molecular flexibility index (Phi) is 5.87. The number of carboxylic acids is 1. The molecule has 0 bridgehead atoms. The van der Waals surface area contributed by atoms with Crippen molar-refractivity contribution in [2.45, 2.75) is 18.9 Å². The molecule has 2 aromatic carbocycles. The highest BCUT2D eigenvalue weighted by atomic mass is 35.5. The average molecular weight is 354 g/mol. The summed E-state index contributed by atoms with van der Waals surface area (Å²) in [6.45, 7) is 0. The van der Waals surface area contributed by atoms with Crippen LogP contribution in [0.5, 0.6) is 0 Å². The minimum absolute atomic E-state index is 0.00969. The van der Waals surface area contributed by atoms with Crippen LogP contribution in [0.2, 0.25) is 5.02 Å². The monoisotopic (exact) mass is 353 g/mol. The molecule has 0 unspecified atom stereocenters. The van der Waals surface area contributed by atoms with E-state index in [0.29, 0.717) is 16.7 Å². The van der Waals surface area contributed by atoms with Crippen molar-refractivity contribution < 1.29 is 23.5 Å². The summed E-state index contributed by atoms with van der Waals surface area (Å²) >= 11 is 5.76. The number of carbonyl (C=O) groups excluding carboxylic acids is 1. The molecule has 0 saturated carbocycles. The number of rotatable bonds is 6. The maximum Gasteiger partial charge on any atom is 0.326 e. The third kappa shape index (κ3) is 5.03. The zero-order valence-corrected chi connectivity index (χ0v) is 13.2. The number of amides is 1. The van der Waals surface area contributed by atoms with Gasteiger partial charge in [-0.15, -0.1) is 0 Å². The quantitative estimate of drug-likeness (QED) is 0.839. The fourth-order valence-corrected chi connectivity index (χ4v) is 2.27. The van der Waals surface area contributed by atoms with Crippen LogP contribution in [0.3, 0.4) is 0 Å². The van der Waals surface area contributed by atoms with Gasteiger partial charge in [0.15, 0.2) is 0 Å². The summed E-state index contributed by atoms with van der Waals surface area (Å²) in [7, 11) is 0. The highest BCUT2D eigenvalue weighted by molar-refractivity contribution is 6.30. The van der Waals surface area contributed by atoms with E-state index >= 15 is 0 Å². The summed E-state index contributed by atoms with van der Waals surface area (Å²) in [5, 5.41) is 12.1. The Hall–Kier alpha value is -2.47. The predicted molar refractivity (Wildman–Crippen MR) is 84.8 cm³/mol. The van der Waals surface area contributed by atoms with Crippen LogP contribution in [-0.2, 0) is 22.4 Å². The maximum absolute atomic E-state index is 13.5. The van der Waals surface area contributed by atoms with Crippen LogP contribution < -0.4 is 5.32 Å². The van der Waals surface area contributed by atoms with Crippen molar-refractivity contribution in [3.05, 3.63) is 70.2 Å². The molecule has 24 heavy (non-hydrogen) atoms. The second-order valence-electron chi connectivity index (χ2n) is 5.20. The van der Waals surface area contributed by atoms with Gasteiger partial charge in [0.2, 0.25) is 5.91 Å². The molecule has 4 nitrogen and oxygen atoms in total. The third-order valence-electron chi connectivity index (χ3n) is 3.35. The van der Waals surface area contributed by atoms with E-state index in [4.69, 9.17) is 11.6 Å². The van der Waals surface area contributed by atoms with Crippen molar-refractivity contribution in [1.82, 2.24) is 5.32 Å². The lowest BCUT2D eigenvalue weighted by Gasteiger charge is -2.15. The molecule has 2 aromatic rings. The van der Waals surface area contributed by atoms with Crippen molar-refractivity contribution in [2.24, 2.45) is 0 Å². The standard InChI is InChI=1S/C17H14ClF2NO3/c18-12-4-1-10(2-5-12)7-15(17(23)24)21-16(22)8-11-3-6-13(19)9-14(11)20/h1-6,9,15H,7-8H2,(H,21,22)(H,23,24)/t15-/m1/s1. The smallest absolute Gasteiger partial charge is 0.326 e. The van der Waals surface area contributed by atoms with Gasteiger partial charge < -0.3 is 10.4 Å². The molecule has 0 radical (unpaired) electrons. The highest BCUT2D eigenvalue weighted by Gasteiger charge is 2.21. The number of nitrogens with one attached hydrogen (secondary N) is 1. The summed E-state index contributed by atoms with van der Waals surface area (Å²) < 4.78 is 26.4. The van der Waals surface area contributed by atoms with E-state index in [1.165, 1.54) is 0 Å². The molecule has 0 aromatic heterocycles. The van der Waals surface area contributed by atoms with Crippen LogP contribution in [0.15, 0.2) is 42.5 Å². The molecule has 0 spiro atoms.